The Balaban J connectivity index is 0.000000226. The minimum Gasteiger partial charge on any atom is -0.345 e. The molecule has 0 saturated carbocycles. The molecule has 0 aliphatic rings. The maximum Gasteiger partial charge on any atom is 0.348 e. The molecule has 1 heterocycles. The molecule has 0 aliphatic carbocycles. The predicted octanol–water partition coefficient (Wildman–Crippen LogP) is 1.36. The Labute approximate surface area is 76.0 Å². The molecule has 6 heteroatoms. The van der Waals surface area contributed by atoms with Gasteiger partial charge < -0.3 is 14.8 Å². The summed E-state index contributed by atoms with van der Waals surface area (Å²) in [4.78, 5) is 22.4. The first-order chi connectivity index (χ1) is 5.99. The van der Waals surface area contributed by atoms with Gasteiger partial charge in [-0.05, 0) is 6.08 Å². The number of nitrogens with one attached hydrogen (secondary N) is 1. The van der Waals surface area contributed by atoms with Crippen LogP contribution in [0.4, 0.5) is 0 Å². The Bertz CT molecular complexity index is 302. The highest BCUT2D eigenvalue weighted by Gasteiger charge is 2.00. The van der Waals surface area contributed by atoms with E-state index in [1.165, 1.54) is 0 Å². The molecule has 0 bridgehead atoms. The third-order valence-corrected chi connectivity index (χ3v) is 1.43. The topological polar surface area (TPSA) is 86.2 Å². The van der Waals surface area contributed by atoms with Gasteiger partial charge in [-0.1, -0.05) is 13.2 Å². The van der Waals surface area contributed by atoms with Crippen LogP contribution in [0.5, 0.6) is 0 Å². The average Bonchev–Trinajstić information content (AvgIpc) is 2.56. The van der Waals surface area contributed by atoms with Gasteiger partial charge in [-0.25, -0.2) is 4.98 Å². The molecule has 5 nitrogen and oxygen atoms in total. The van der Waals surface area contributed by atoms with Crippen LogP contribution in [0.2, 0.25) is 0 Å². The Morgan fingerprint density at radius 3 is 2.23 bits per heavy atom. The summed E-state index contributed by atoms with van der Waals surface area (Å²) >= 11 is 0. The smallest absolute Gasteiger partial charge is 0.345 e. The molecule has 0 fully saturated rings. The summed E-state index contributed by atoms with van der Waals surface area (Å²) in [5, 5.41) is 0. The van der Waals surface area contributed by atoms with Crippen LogP contribution in [0.3, 0.4) is 0 Å². The summed E-state index contributed by atoms with van der Waals surface area (Å²) in [6, 6.07) is 0. The third kappa shape index (κ3) is 7.21. The van der Waals surface area contributed by atoms with Gasteiger partial charge in [0.25, 0.3) is 0 Å². The maximum absolute atomic E-state index is 9.58. The standard InChI is InChI=1S/C5H6N2.C2H5O3P/c1-2-5-6-3-4-7-5;1-2-6(3,4)5/h2-4H,1H2,(H,6,7);2H,1H2,(H2,3,4,5). The lowest BCUT2D eigenvalue weighted by Crippen LogP contribution is -1.67. The van der Waals surface area contributed by atoms with E-state index in [-0.39, 0.29) is 0 Å². The molecule has 1 aromatic rings. The molecule has 1 rings (SSSR count). The molecule has 13 heavy (non-hydrogen) atoms. The van der Waals surface area contributed by atoms with E-state index in [2.05, 4.69) is 23.1 Å². The van der Waals surface area contributed by atoms with Gasteiger partial charge in [0.05, 0.1) is 0 Å². The molecule has 1 aromatic heterocycles. The summed E-state index contributed by atoms with van der Waals surface area (Å²) < 4.78 is 9.58. The van der Waals surface area contributed by atoms with Crippen LogP contribution in [0.1, 0.15) is 5.82 Å². The molecule has 0 saturated heterocycles. The van der Waals surface area contributed by atoms with Crippen molar-refractivity contribution in [2.24, 2.45) is 0 Å². The van der Waals surface area contributed by atoms with Crippen molar-refractivity contribution in [1.29, 1.82) is 0 Å². The summed E-state index contributed by atoms with van der Waals surface area (Å²) in [7, 11) is -3.88. The summed E-state index contributed by atoms with van der Waals surface area (Å²) in [5.74, 6) is 1.42. The SMILES string of the molecule is C=CP(=O)(O)O.C=Cc1ncc[nH]1. The second-order valence-corrected chi connectivity index (χ2v) is 3.49. The Kier molecular flexibility index (Phi) is 4.99. The van der Waals surface area contributed by atoms with Crippen LogP contribution in [-0.2, 0) is 4.57 Å². The van der Waals surface area contributed by atoms with E-state index in [9.17, 15) is 4.57 Å². The average molecular weight is 202 g/mol. The van der Waals surface area contributed by atoms with Crippen molar-refractivity contribution in [1.82, 2.24) is 9.97 Å². The van der Waals surface area contributed by atoms with Crippen LogP contribution in [0.25, 0.3) is 6.08 Å². The molecule has 0 aromatic carbocycles. The first-order valence-electron chi connectivity index (χ1n) is 3.30. The summed E-state index contributed by atoms with van der Waals surface area (Å²) in [6.07, 6.45) is 5.12. The normalized spacial score (nSPS) is 9.69. The lowest BCUT2D eigenvalue weighted by Gasteiger charge is -1.87. The molecule has 72 valence electrons. The molecule has 0 amide bonds. The van der Waals surface area contributed by atoms with E-state index >= 15 is 0 Å². The number of rotatable bonds is 2. The van der Waals surface area contributed by atoms with Crippen molar-refractivity contribution in [3.8, 4) is 0 Å². The van der Waals surface area contributed by atoms with E-state index in [0.29, 0.717) is 5.82 Å². The number of nitrogens with zero attached hydrogens (tertiary/aromatic N) is 1. The number of hydrogen-bond acceptors (Lipinski definition) is 2. The van der Waals surface area contributed by atoms with E-state index < -0.39 is 7.60 Å². The van der Waals surface area contributed by atoms with Gasteiger partial charge in [-0.2, -0.15) is 0 Å². The Morgan fingerprint density at radius 2 is 2.08 bits per heavy atom. The fourth-order valence-corrected chi connectivity index (χ4v) is 0.389. The molecule has 3 N–H and O–H groups in total. The highest BCUT2D eigenvalue weighted by atomic mass is 31.2. The second-order valence-electron chi connectivity index (χ2n) is 1.95. The van der Waals surface area contributed by atoms with Crippen molar-refractivity contribution < 1.29 is 14.4 Å². The lowest BCUT2D eigenvalue weighted by atomic mass is 10.6. The van der Waals surface area contributed by atoms with Gasteiger partial charge in [0, 0.05) is 18.2 Å². The fraction of sp³-hybridized carbons (Fsp3) is 0. The van der Waals surface area contributed by atoms with Gasteiger partial charge >= 0.3 is 7.60 Å². The van der Waals surface area contributed by atoms with Gasteiger partial charge in [0.1, 0.15) is 5.82 Å². The van der Waals surface area contributed by atoms with Gasteiger partial charge in [0.15, 0.2) is 0 Å². The highest BCUT2D eigenvalue weighted by Crippen LogP contribution is 2.34. The third-order valence-electron chi connectivity index (χ3n) is 0.951. The van der Waals surface area contributed by atoms with Crippen molar-refractivity contribution >= 4 is 13.7 Å². The minimum absolute atomic E-state index is 0.604. The number of aromatic nitrogens is 2. The zero-order valence-corrected chi connectivity index (χ0v) is 7.82. The lowest BCUT2D eigenvalue weighted by molar-refractivity contribution is 0.386. The fourth-order valence-electron chi connectivity index (χ4n) is 0.389. The molecular formula is C7H11N2O3P. The van der Waals surface area contributed by atoms with Crippen molar-refractivity contribution in [2.45, 2.75) is 0 Å². The van der Waals surface area contributed by atoms with Crippen LogP contribution in [0, 0.1) is 0 Å². The monoisotopic (exact) mass is 202 g/mol. The predicted molar refractivity (Wildman–Crippen MR) is 50.9 cm³/mol. The van der Waals surface area contributed by atoms with Gasteiger partial charge in [-0.3, -0.25) is 4.57 Å². The number of H-pyrrole nitrogens is 1. The Hall–Kier alpha value is -1.16. The maximum atomic E-state index is 9.58. The van der Waals surface area contributed by atoms with Crippen molar-refractivity contribution in [3.05, 3.63) is 37.2 Å². The molecule has 0 radical (unpaired) electrons. The molecule has 0 spiro atoms. The van der Waals surface area contributed by atoms with Crippen LogP contribution < -0.4 is 0 Å². The second kappa shape index (κ2) is 5.48. The van der Waals surface area contributed by atoms with Crippen molar-refractivity contribution in [2.75, 3.05) is 0 Å². The summed E-state index contributed by atoms with van der Waals surface area (Å²) in [6.45, 7) is 6.38. The molecule has 0 unspecified atom stereocenters. The number of imidazole rings is 1. The zero-order valence-electron chi connectivity index (χ0n) is 6.92. The largest absolute Gasteiger partial charge is 0.348 e. The van der Waals surface area contributed by atoms with E-state index in [0.717, 1.165) is 5.82 Å². The quantitative estimate of drug-likeness (QED) is 0.632. The number of hydrogen-bond donors (Lipinski definition) is 3. The summed E-state index contributed by atoms with van der Waals surface area (Å²) in [5.41, 5.74) is 0. The molecular weight excluding hydrogens is 191 g/mol. The highest BCUT2D eigenvalue weighted by molar-refractivity contribution is 7.55. The number of aromatic amines is 1. The minimum atomic E-state index is -3.88. The first kappa shape index (κ1) is 11.8. The van der Waals surface area contributed by atoms with E-state index in [1.54, 1.807) is 18.5 Å². The molecule has 0 atom stereocenters. The Morgan fingerprint density at radius 1 is 1.54 bits per heavy atom. The zero-order chi connectivity index (χ0) is 10.3. The van der Waals surface area contributed by atoms with Gasteiger partial charge in [0.2, 0.25) is 0 Å². The van der Waals surface area contributed by atoms with Crippen molar-refractivity contribution in [3.63, 3.8) is 0 Å². The van der Waals surface area contributed by atoms with Crippen LogP contribution >= 0.6 is 7.60 Å². The van der Waals surface area contributed by atoms with E-state index in [4.69, 9.17) is 9.79 Å². The first-order valence-corrected chi connectivity index (χ1v) is 4.98. The van der Waals surface area contributed by atoms with Crippen LogP contribution in [-0.4, -0.2) is 19.8 Å². The van der Waals surface area contributed by atoms with Crippen LogP contribution in [0.15, 0.2) is 31.4 Å². The van der Waals surface area contributed by atoms with E-state index in [1.807, 2.05) is 0 Å². The molecule has 0 aliphatic heterocycles. The van der Waals surface area contributed by atoms with Gasteiger partial charge in [-0.15, -0.1) is 0 Å².